The topological polar surface area (TPSA) is 17.1 Å². The van der Waals surface area contributed by atoms with Crippen LogP contribution in [0.15, 0.2) is 0 Å². The molecule has 3 heteroatoms. The molecule has 1 saturated carbocycles. The van der Waals surface area contributed by atoms with Gasteiger partial charge in [0, 0.05) is 6.42 Å². The van der Waals surface area contributed by atoms with Crippen molar-refractivity contribution in [2.24, 2.45) is 5.41 Å². The molecular weight excluding hydrogens is 183 g/mol. The molecular formula is C8H12Cl2O. The van der Waals surface area contributed by atoms with Gasteiger partial charge in [0.1, 0.15) is 5.38 Å². The third kappa shape index (κ3) is 1.70. The highest BCUT2D eigenvalue weighted by atomic mass is 35.5. The Hall–Kier alpha value is 0.250. The summed E-state index contributed by atoms with van der Waals surface area (Å²) in [5.41, 5.74) is 0.00187. The second kappa shape index (κ2) is 2.95. The Morgan fingerprint density at radius 2 is 2.00 bits per heavy atom. The summed E-state index contributed by atoms with van der Waals surface area (Å²) in [4.78, 5) is 11.1. The van der Waals surface area contributed by atoms with E-state index in [1.165, 1.54) is 0 Å². The molecule has 0 radical (unpaired) electrons. The summed E-state index contributed by atoms with van der Waals surface area (Å²) < 4.78 is 0. The number of rotatable bonds is 0. The van der Waals surface area contributed by atoms with E-state index in [0.717, 1.165) is 6.42 Å². The fourth-order valence-corrected chi connectivity index (χ4v) is 1.98. The fraction of sp³-hybridized carbons (Fsp3) is 0.875. The van der Waals surface area contributed by atoms with Gasteiger partial charge in [-0.3, -0.25) is 4.79 Å². The van der Waals surface area contributed by atoms with Crippen molar-refractivity contribution in [1.29, 1.82) is 0 Å². The SMILES string of the molecule is CC1(C)CCC(=O)C(Cl)C1Cl. The normalized spacial score (nSPS) is 37.3. The van der Waals surface area contributed by atoms with Crippen LogP contribution >= 0.6 is 23.2 Å². The number of alkyl halides is 2. The van der Waals surface area contributed by atoms with E-state index in [1.54, 1.807) is 0 Å². The summed E-state index contributed by atoms with van der Waals surface area (Å²) in [7, 11) is 0. The Balaban J connectivity index is 2.75. The Morgan fingerprint density at radius 1 is 1.45 bits per heavy atom. The third-order valence-electron chi connectivity index (χ3n) is 2.33. The summed E-state index contributed by atoms with van der Waals surface area (Å²) in [6, 6.07) is 0. The lowest BCUT2D eigenvalue weighted by Crippen LogP contribution is -2.42. The van der Waals surface area contributed by atoms with Crippen molar-refractivity contribution < 1.29 is 4.79 Å². The highest BCUT2D eigenvalue weighted by Gasteiger charge is 2.41. The number of carbonyl (C=O) groups excluding carboxylic acids is 1. The largest absolute Gasteiger partial charge is 0.298 e. The van der Waals surface area contributed by atoms with Crippen LogP contribution in [0.2, 0.25) is 0 Å². The lowest BCUT2D eigenvalue weighted by Gasteiger charge is -2.36. The van der Waals surface area contributed by atoms with E-state index in [9.17, 15) is 4.79 Å². The molecule has 0 heterocycles. The van der Waals surface area contributed by atoms with Crippen LogP contribution in [0.3, 0.4) is 0 Å². The van der Waals surface area contributed by atoms with Crippen molar-refractivity contribution in [2.45, 2.75) is 37.4 Å². The molecule has 0 amide bonds. The van der Waals surface area contributed by atoms with Gasteiger partial charge >= 0.3 is 0 Å². The zero-order valence-corrected chi connectivity index (χ0v) is 8.24. The van der Waals surface area contributed by atoms with Gasteiger partial charge in [0.25, 0.3) is 0 Å². The van der Waals surface area contributed by atoms with Gasteiger partial charge in [-0.2, -0.15) is 0 Å². The summed E-state index contributed by atoms with van der Waals surface area (Å²) >= 11 is 11.8. The summed E-state index contributed by atoms with van der Waals surface area (Å²) in [6.45, 7) is 4.10. The molecule has 2 unspecified atom stereocenters. The van der Waals surface area contributed by atoms with Crippen molar-refractivity contribution >= 4 is 29.0 Å². The molecule has 0 N–H and O–H groups in total. The van der Waals surface area contributed by atoms with Crippen LogP contribution in [0.25, 0.3) is 0 Å². The Bertz CT molecular complexity index is 177. The predicted molar refractivity (Wildman–Crippen MR) is 47.3 cm³/mol. The highest BCUT2D eigenvalue weighted by Crippen LogP contribution is 2.39. The summed E-state index contributed by atoms with van der Waals surface area (Å²) in [6.07, 6.45) is 1.42. The summed E-state index contributed by atoms with van der Waals surface area (Å²) in [5, 5.41) is -0.703. The molecule has 1 fully saturated rings. The van der Waals surface area contributed by atoms with Gasteiger partial charge in [-0.05, 0) is 11.8 Å². The quantitative estimate of drug-likeness (QED) is 0.543. The lowest BCUT2D eigenvalue weighted by molar-refractivity contribution is -0.121. The van der Waals surface area contributed by atoms with Crippen molar-refractivity contribution in [1.82, 2.24) is 0 Å². The number of ketones is 1. The smallest absolute Gasteiger partial charge is 0.152 e. The minimum atomic E-state index is -0.486. The molecule has 0 bridgehead atoms. The predicted octanol–water partition coefficient (Wildman–Crippen LogP) is 2.59. The molecule has 0 aromatic heterocycles. The number of Topliss-reactive ketones (excluding diaryl/α,β-unsaturated/α-hetero) is 1. The Morgan fingerprint density at radius 3 is 2.45 bits per heavy atom. The van der Waals surface area contributed by atoms with Crippen molar-refractivity contribution in [3.8, 4) is 0 Å². The van der Waals surface area contributed by atoms with Gasteiger partial charge in [-0.1, -0.05) is 13.8 Å². The maximum atomic E-state index is 11.1. The molecule has 0 aromatic rings. The van der Waals surface area contributed by atoms with E-state index >= 15 is 0 Å². The average Bonchev–Trinajstić information content (AvgIpc) is 1.95. The van der Waals surface area contributed by atoms with E-state index < -0.39 is 5.38 Å². The van der Waals surface area contributed by atoms with Crippen LogP contribution in [-0.2, 0) is 4.79 Å². The number of hydrogen-bond donors (Lipinski definition) is 0. The van der Waals surface area contributed by atoms with Gasteiger partial charge < -0.3 is 0 Å². The first-order valence-corrected chi connectivity index (χ1v) is 4.63. The highest BCUT2D eigenvalue weighted by molar-refractivity contribution is 6.38. The summed E-state index contributed by atoms with van der Waals surface area (Å²) in [5.74, 6) is 0.0889. The lowest BCUT2D eigenvalue weighted by atomic mass is 9.76. The monoisotopic (exact) mass is 194 g/mol. The Kier molecular flexibility index (Phi) is 2.50. The van der Waals surface area contributed by atoms with Crippen LogP contribution in [0.4, 0.5) is 0 Å². The first-order chi connectivity index (χ1) is 4.95. The number of hydrogen-bond acceptors (Lipinski definition) is 1. The first-order valence-electron chi connectivity index (χ1n) is 3.76. The number of carbonyl (C=O) groups is 1. The van der Waals surface area contributed by atoms with Gasteiger partial charge in [-0.15, -0.1) is 23.2 Å². The molecule has 2 atom stereocenters. The zero-order valence-electron chi connectivity index (χ0n) is 6.73. The van der Waals surface area contributed by atoms with E-state index in [2.05, 4.69) is 0 Å². The molecule has 0 aromatic carbocycles. The van der Waals surface area contributed by atoms with Crippen molar-refractivity contribution in [3.05, 3.63) is 0 Å². The van der Waals surface area contributed by atoms with E-state index in [1.807, 2.05) is 13.8 Å². The maximum absolute atomic E-state index is 11.1. The van der Waals surface area contributed by atoms with Crippen LogP contribution in [0.5, 0.6) is 0 Å². The minimum Gasteiger partial charge on any atom is -0.298 e. The van der Waals surface area contributed by atoms with Crippen LogP contribution in [0, 0.1) is 5.41 Å². The van der Waals surface area contributed by atoms with Gasteiger partial charge in [0.15, 0.2) is 5.78 Å². The second-order valence-corrected chi connectivity index (χ2v) is 4.70. The van der Waals surface area contributed by atoms with E-state index in [0.29, 0.717) is 6.42 Å². The molecule has 0 spiro atoms. The van der Waals surface area contributed by atoms with Crippen LogP contribution < -0.4 is 0 Å². The molecule has 0 aliphatic heterocycles. The zero-order chi connectivity index (χ0) is 8.65. The van der Waals surface area contributed by atoms with Crippen molar-refractivity contribution in [2.75, 3.05) is 0 Å². The van der Waals surface area contributed by atoms with Crippen molar-refractivity contribution in [3.63, 3.8) is 0 Å². The minimum absolute atomic E-state index is 0.00187. The molecule has 1 aliphatic carbocycles. The first kappa shape index (κ1) is 9.34. The fourth-order valence-electron chi connectivity index (χ4n) is 1.28. The van der Waals surface area contributed by atoms with E-state index in [4.69, 9.17) is 23.2 Å². The van der Waals surface area contributed by atoms with Gasteiger partial charge in [-0.25, -0.2) is 0 Å². The second-order valence-electron chi connectivity index (χ2n) is 3.76. The van der Waals surface area contributed by atoms with Gasteiger partial charge in [0.05, 0.1) is 5.38 Å². The molecule has 0 saturated heterocycles. The third-order valence-corrected chi connectivity index (χ3v) is 3.79. The van der Waals surface area contributed by atoms with Crippen LogP contribution in [-0.4, -0.2) is 16.5 Å². The van der Waals surface area contributed by atoms with Gasteiger partial charge in [0.2, 0.25) is 0 Å². The molecule has 1 nitrogen and oxygen atoms in total. The van der Waals surface area contributed by atoms with E-state index in [-0.39, 0.29) is 16.6 Å². The van der Waals surface area contributed by atoms with Crippen LogP contribution in [0.1, 0.15) is 26.7 Å². The molecule has 1 aliphatic rings. The molecule has 1 rings (SSSR count). The average molecular weight is 195 g/mol. The molecule has 11 heavy (non-hydrogen) atoms. The standard InChI is InChI=1S/C8H12Cl2O/c1-8(2)4-3-5(11)6(9)7(8)10/h6-7H,3-4H2,1-2H3. The Labute approximate surface area is 77.1 Å². The number of halogens is 2. The molecule has 64 valence electrons. The maximum Gasteiger partial charge on any atom is 0.152 e.